The van der Waals surface area contributed by atoms with Gasteiger partial charge in [0.1, 0.15) is 5.75 Å². The number of hydrogen-bond donors (Lipinski definition) is 1. The molecule has 1 saturated heterocycles. The number of hydrogen-bond acceptors (Lipinski definition) is 4. The third kappa shape index (κ3) is 3.86. The second-order valence-electron chi connectivity index (χ2n) is 4.99. The normalized spacial score (nSPS) is 19.9. The molecule has 1 heterocycles. The van der Waals surface area contributed by atoms with Gasteiger partial charge in [0.15, 0.2) is 0 Å². The first-order valence-corrected chi connectivity index (χ1v) is 7.50. The van der Waals surface area contributed by atoms with Crippen LogP contribution >= 0.6 is 11.9 Å². The average molecular weight is 335 g/mol. The van der Waals surface area contributed by atoms with Crippen molar-refractivity contribution in [3.8, 4) is 5.75 Å². The van der Waals surface area contributed by atoms with Crippen LogP contribution in [0.4, 0.5) is 13.2 Å². The molecule has 1 unspecified atom stereocenters. The fraction of sp³-hybridized carbons (Fsp3) is 0.500. The summed E-state index contributed by atoms with van der Waals surface area (Å²) in [4.78, 5) is 11.0. The van der Waals surface area contributed by atoms with Gasteiger partial charge in [-0.2, -0.15) is 13.2 Å². The lowest BCUT2D eigenvalue weighted by atomic mass is 10.0. The number of piperidine rings is 1. The molecule has 0 aromatic heterocycles. The fourth-order valence-corrected chi connectivity index (χ4v) is 3.61. The highest BCUT2D eigenvalue weighted by Crippen LogP contribution is 2.43. The van der Waals surface area contributed by atoms with Crippen molar-refractivity contribution in [1.29, 1.82) is 0 Å². The Labute approximate surface area is 130 Å². The maximum Gasteiger partial charge on any atom is 0.417 e. The molecule has 1 fully saturated rings. The number of carboxylic acids is 1. The van der Waals surface area contributed by atoms with E-state index in [1.54, 1.807) is 4.31 Å². The van der Waals surface area contributed by atoms with Crippen molar-refractivity contribution in [3.05, 3.63) is 23.8 Å². The van der Waals surface area contributed by atoms with Crippen molar-refractivity contribution < 1.29 is 27.8 Å². The average Bonchev–Trinajstić information content (AvgIpc) is 2.46. The van der Waals surface area contributed by atoms with Gasteiger partial charge in [-0.15, -0.1) is 0 Å². The summed E-state index contributed by atoms with van der Waals surface area (Å²) in [5.74, 6) is -1.33. The standard InChI is InChI=1S/C14H16F3NO3S/c1-21-11-6-2-5-10(14(15,16)17)12(11)22-18-7-3-4-9(8-18)13(19)20/h2,5-6,9H,3-4,7-8H2,1H3,(H,19,20). The fourth-order valence-electron chi connectivity index (χ4n) is 2.35. The molecule has 0 radical (unpaired) electrons. The number of carboxylic acid groups (broad SMARTS) is 1. The Morgan fingerprint density at radius 1 is 1.45 bits per heavy atom. The molecule has 1 aromatic rings. The lowest BCUT2D eigenvalue weighted by Gasteiger charge is -2.30. The van der Waals surface area contributed by atoms with Crippen molar-refractivity contribution >= 4 is 17.9 Å². The number of ether oxygens (including phenoxy) is 1. The summed E-state index contributed by atoms with van der Waals surface area (Å²) in [6.07, 6.45) is -3.30. The zero-order valence-electron chi connectivity index (χ0n) is 11.9. The van der Waals surface area contributed by atoms with Gasteiger partial charge in [-0.05, 0) is 36.9 Å². The summed E-state index contributed by atoms with van der Waals surface area (Å²) < 4.78 is 46.1. The zero-order valence-corrected chi connectivity index (χ0v) is 12.7. The first-order valence-electron chi connectivity index (χ1n) is 6.73. The maximum absolute atomic E-state index is 13.1. The molecule has 1 N–H and O–H groups in total. The first kappa shape index (κ1) is 17.0. The van der Waals surface area contributed by atoms with Crippen molar-refractivity contribution in [1.82, 2.24) is 4.31 Å². The summed E-state index contributed by atoms with van der Waals surface area (Å²) in [7, 11) is 1.32. The molecule has 0 saturated carbocycles. The molecule has 1 aliphatic heterocycles. The molecule has 1 atom stereocenters. The summed E-state index contributed by atoms with van der Waals surface area (Å²) in [5.41, 5.74) is -0.769. The highest BCUT2D eigenvalue weighted by atomic mass is 32.2. The minimum Gasteiger partial charge on any atom is -0.496 e. The van der Waals surface area contributed by atoms with Crippen LogP contribution in [0.5, 0.6) is 5.75 Å². The quantitative estimate of drug-likeness (QED) is 0.853. The van der Waals surface area contributed by atoms with Crippen LogP contribution in [-0.4, -0.2) is 35.6 Å². The van der Waals surface area contributed by atoms with Gasteiger partial charge in [0, 0.05) is 13.1 Å². The Bertz CT molecular complexity index is 551. The summed E-state index contributed by atoms with van der Waals surface area (Å²) >= 11 is 0.915. The van der Waals surface area contributed by atoms with Crippen LogP contribution < -0.4 is 4.74 Å². The van der Waals surface area contributed by atoms with Crippen LogP contribution in [0.15, 0.2) is 23.1 Å². The highest BCUT2D eigenvalue weighted by Gasteiger charge is 2.36. The predicted octanol–water partition coefficient (Wildman–Crippen LogP) is 3.52. The van der Waals surface area contributed by atoms with E-state index in [0.717, 1.165) is 18.0 Å². The number of benzene rings is 1. The van der Waals surface area contributed by atoms with E-state index in [9.17, 15) is 18.0 Å². The number of rotatable bonds is 4. The van der Waals surface area contributed by atoms with E-state index in [-0.39, 0.29) is 17.2 Å². The van der Waals surface area contributed by atoms with Gasteiger partial charge in [-0.1, -0.05) is 6.07 Å². The van der Waals surface area contributed by atoms with Crippen LogP contribution in [0.3, 0.4) is 0 Å². The van der Waals surface area contributed by atoms with Crippen molar-refractivity contribution in [3.63, 3.8) is 0 Å². The zero-order chi connectivity index (χ0) is 16.3. The molecule has 4 nitrogen and oxygen atoms in total. The smallest absolute Gasteiger partial charge is 0.417 e. The molecule has 0 amide bonds. The largest absolute Gasteiger partial charge is 0.496 e. The second kappa shape index (κ2) is 6.78. The van der Waals surface area contributed by atoms with E-state index in [4.69, 9.17) is 9.84 Å². The third-order valence-electron chi connectivity index (χ3n) is 3.46. The van der Waals surface area contributed by atoms with E-state index in [0.29, 0.717) is 19.4 Å². The topological polar surface area (TPSA) is 49.8 Å². The Hall–Kier alpha value is -1.41. The predicted molar refractivity (Wildman–Crippen MR) is 75.8 cm³/mol. The maximum atomic E-state index is 13.1. The summed E-state index contributed by atoms with van der Waals surface area (Å²) in [5, 5.41) is 9.07. The van der Waals surface area contributed by atoms with E-state index in [1.165, 1.54) is 19.2 Å². The molecular weight excluding hydrogens is 319 g/mol. The molecule has 1 aliphatic rings. The van der Waals surface area contributed by atoms with E-state index in [1.807, 2.05) is 0 Å². The molecule has 2 rings (SSSR count). The number of halogens is 3. The number of aliphatic carboxylic acids is 1. The van der Waals surface area contributed by atoms with Gasteiger partial charge < -0.3 is 9.84 Å². The highest BCUT2D eigenvalue weighted by molar-refractivity contribution is 7.97. The van der Waals surface area contributed by atoms with Gasteiger partial charge in [-0.25, -0.2) is 4.31 Å². The third-order valence-corrected chi connectivity index (χ3v) is 4.65. The summed E-state index contributed by atoms with van der Waals surface area (Å²) in [6, 6.07) is 3.77. The van der Waals surface area contributed by atoms with Gasteiger partial charge in [0.25, 0.3) is 0 Å². The van der Waals surface area contributed by atoms with Gasteiger partial charge in [0.05, 0.1) is 23.5 Å². The Kier molecular flexibility index (Phi) is 5.23. The molecule has 0 bridgehead atoms. The number of methoxy groups -OCH3 is 1. The van der Waals surface area contributed by atoms with Crippen LogP contribution in [0, 0.1) is 5.92 Å². The van der Waals surface area contributed by atoms with Crippen LogP contribution in [0.2, 0.25) is 0 Å². The minimum absolute atomic E-state index is 0.0245. The lowest BCUT2D eigenvalue weighted by Crippen LogP contribution is -2.34. The molecule has 22 heavy (non-hydrogen) atoms. The van der Waals surface area contributed by atoms with Crippen LogP contribution in [0.25, 0.3) is 0 Å². The Balaban J connectivity index is 2.26. The molecule has 0 spiro atoms. The van der Waals surface area contributed by atoms with Gasteiger partial charge in [-0.3, -0.25) is 4.79 Å². The van der Waals surface area contributed by atoms with E-state index < -0.39 is 23.6 Å². The molecule has 0 aliphatic carbocycles. The number of carbonyl (C=O) groups is 1. The molecule has 8 heteroatoms. The SMILES string of the molecule is COc1cccc(C(F)(F)F)c1SN1CCCC(C(=O)O)C1. The first-order chi connectivity index (χ1) is 10.3. The molecule has 122 valence electrons. The van der Waals surface area contributed by atoms with Crippen molar-refractivity contribution in [2.24, 2.45) is 5.92 Å². The van der Waals surface area contributed by atoms with Gasteiger partial charge in [0.2, 0.25) is 0 Å². The van der Waals surface area contributed by atoms with Crippen LogP contribution in [-0.2, 0) is 11.0 Å². The number of nitrogens with zero attached hydrogens (tertiary/aromatic N) is 1. The van der Waals surface area contributed by atoms with E-state index >= 15 is 0 Å². The lowest BCUT2D eigenvalue weighted by molar-refractivity contribution is -0.143. The van der Waals surface area contributed by atoms with Crippen molar-refractivity contribution in [2.75, 3.05) is 20.2 Å². The van der Waals surface area contributed by atoms with Gasteiger partial charge >= 0.3 is 12.1 Å². The molecule has 1 aromatic carbocycles. The molecular formula is C14H16F3NO3S. The monoisotopic (exact) mass is 335 g/mol. The second-order valence-corrected chi connectivity index (χ2v) is 6.10. The minimum atomic E-state index is -4.49. The van der Waals surface area contributed by atoms with E-state index in [2.05, 4.69) is 0 Å². The summed E-state index contributed by atoms with van der Waals surface area (Å²) in [6.45, 7) is 0.763. The Morgan fingerprint density at radius 2 is 2.18 bits per heavy atom. The Morgan fingerprint density at radius 3 is 2.77 bits per heavy atom. The number of alkyl halides is 3. The van der Waals surface area contributed by atoms with Crippen molar-refractivity contribution in [2.45, 2.75) is 23.9 Å². The van der Waals surface area contributed by atoms with Crippen LogP contribution in [0.1, 0.15) is 18.4 Å².